The molecule has 0 spiro atoms. The van der Waals surface area contributed by atoms with Crippen molar-refractivity contribution in [3.63, 3.8) is 0 Å². The number of hydrogen-bond acceptors (Lipinski definition) is 5. The van der Waals surface area contributed by atoms with Gasteiger partial charge in [0.15, 0.2) is 5.76 Å². The summed E-state index contributed by atoms with van der Waals surface area (Å²) in [5.41, 5.74) is 0.551. The summed E-state index contributed by atoms with van der Waals surface area (Å²) in [6.07, 6.45) is 3.47. The number of carbonyl (C=O) groups is 2. The molecular formula is C18H23N3O3S. The fourth-order valence-electron chi connectivity index (χ4n) is 3.01. The van der Waals surface area contributed by atoms with E-state index in [2.05, 4.69) is 17.6 Å². The quantitative estimate of drug-likeness (QED) is 0.829. The highest BCUT2D eigenvalue weighted by atomic mass is 32.1. The van der Waals surface area contributed by atoms with Gasteiger partial charge in [-0.05, 0) is 55.4 Å². The van der Waals surface area contributed by atoms with Crippen LogP contribution in [0.1, 0.15) is 40.7 Å². The zero-order valence-corrected chi connectivity index (χ0v) is 15.1. The SMILES string of the molecule is CCNCC1CCN(C(=O)c2ccsc2NC(=O)c2ccco2)CC1. The predicted octanol–water partition coefficient (Wildman–Crippen LogP) is 3.06. The van der Waals surface area contributed by atoms with E-state index >= 15 is 0 Å². The Hall–Kier alpha value is -2.12. The first-order valence-electron chi connectivity index (χ1n) is 8.61. The number of hydrogen-bond donors (Lipinski definition) is 2. The maximum atomic E-state index is 12.8. The molecular weight excluding hydrogens is 338 g/mol. The van der Waals surface area contributed by atoms with Crippen LogP contribution in [0, 0.1) is 5.92 Å². The highest BCUT2D eigenvalue weighted by Gasteiger charge is 2.26. The summed E-state index contributed by atoms with van der Waals surface area (Å²) < 4.78 is 5.10. The Balaban J connectivity index is 1.60. The molecule has 0 bridgehead atoms. The number of nitrogens with zero attached hydrogens (tertiary/aromatic N) is 1. The lowest BCUT2D eigenvalue weighted by Crippen LogP contribution is -2.40. The molecule has 3 heterocycles. The van der Waals surface area contributed by atoms with Crippen LogP contribution in [0.25, 0.3) is 0 Å². The predicted molar refractivity (Wildman–Crippen MR) is 98.2 cm³/mol. The number of likely N-dealkylation sites (tertiary alicyclic amines) is 1. The minimum Gasteiger partial charge on any atom is -0.459 e. The van der Waals surface area contributed by atoms with E-state index in [1.807, 2.05) is 10.3 Å². The number of amides is 2. The molecule has 1 aliphatic heterocycles. The molecule has 0 aromatic carbocycles. The van der Waals surface area contributed by atoms with Gasteiger partial charge in [-0.25, -0.2) is 0 Å². The van der Waals surface area contributed by atoms with Gasteiger partial charge in [0, 0.05) is 13.1 Å². The van der Waals surface area contributed by atoms with Crippen LogP contribution in [-0.2, 0) is 0 Å². The Morgan fingerprint density at radius 2 is 2.12 bits per heavy atom. The molecule has 134 valence electrons. The van der Waals surface area contributed by atoms with Crippen molar-refractivity contribution < 1.29 is 14.0 Å². The van der Waals surface area contributed by atoms with Crippen LogP contribution in [0.3, 0.4) is 0 Å². The van der Waals surface area contributed by atoms with Crippen molar-refractivity contribution in [3.05, 3.63) is 41.2 Å². The van der Waals surface area contributed by atoms with E-state index in [1.165, 1.54) is 17.6 Å². The molecule has 2 aromatic heterocycles. The van der Waals surface area contributed by atoms with Gasteiger partial charge in [-0.3, -0.25) is 9.59 Å². The van der Waals surface area contributed by atoms with Gasteiger partial charge in [0.05, 0.1) is 11.8 Å². The Bertz CT molecular complexity index is 703. The van der Waals surface area contributed by atoms with Crippen LogP contribution in [0.4, 0.5) is 5.00 Å². The lowest BCUT2D eigenvalue weighted by molar-refractivity contribution is 0.0692. The molecule has 3 rings (SSSR count). The summed E-state index contributed by atoms with van der Waals surface area (Å²) in [5, 5.41) is 8.55. The first kappa shape index (κ1) is 17.7. The second kappa shape index (κ2) is 8.31. The summed E-state index contributed by atoms with van der Waals surface area (Å²) in [6, 6.07) is 5.03. The number of rotatable bonds is 6. The maximum Gasteiger partial charge on any atom is 0.291 e. The monoisotopic (exact) mass is 361 g/mol. The number of thiophene rings is 1. The van der Waals surface area contributed by atoms with Gasteiger partial charge in [0.25, 0.3) is 11.8 Å². The number of furan rings is 1. The summed E-state index contributed by atoms with van der Waals surface area (Å²) in [4.78, 5) is 26.8. The van der Waals surface area contributed by atoms with Crippen molar-refractivity contribution in [2.45, 2.75) is 19.8 Å². The van der Waals surface area contributed by atoms with E-state index < -0.39 is 0 Å². The topological polar surface area (TPSA) is 74.6 Å². The maximum absolute atomic E-state index is 12.8. The summed E-state index contributed by atoms with van der Waals surface area (Å²) in [7, 11) is 0. The fraction of sp³-hybridized carbons (Fsp3) is 0.444. The van der Waals surface area contributed by atoms with Crippen LogP contribution < -0.4 is 10.6 Å². The minimum absolute atomic E-state index is 0.0158. The first-order chi connectivity index (χ1) is 12.2. The Morgan fingerprint density at radius 1 is 1.32 bits per heavy atom. The van der Waals surface area contributed by atoms with Crippen molar-refractivity contribution in [1.82, 2.24) is 10.2 Å². The number of nitrogens with one attached hydrogen (secondary N) is 2. The van der Waals surface area contributed by atoms with E-state index in [9.17, 15) is 9.59 Å². The Labute approximate surface area is 151 Å². The molecule has 25 heavy (non-hydrogen) atoms. The van der Waals surface area contributed by atoms with Crippen LogP contribution >= 0.6 is 11.3 Å². The van der Waals surface area contributed by atoms with Crippen molar-refractivity contribution >= 4 is 28.2 Å². The van der Waals surface area contributed by atoms with Crippen molar-refractivity contribution in [3.8, 4) is 0 Å². The Morgan fingerprint density at radius 3 is 2.80 bits per heavy atom. The van der Waals surface area contributed by atoms with E-state index in [0.717, 1.165) is 39.0 Å². The lowest BCUT2D eigenvalue weighted by Gasteiger charge is -2.32. The standard InChI is InChI=1S/C18H23N3O3S/c1-2-19-12-13-5-8-21(9-6-13)18(23)14-7-11-25-17(14)20-16(22)15-4-3-10-24-15/h3-4,7,10-11,13,19H,2,5-6,8-9,12H2,1H3,(H,20,22). The van der Waals surface area contributed by atoms with E-state index in [4.69, 9.17) is 4.42 Å². The minimum atomic E-state index is -0.342. The summed E-state index contributed by atoms with van der Waals surface area (Å²) in [6.45, 7) is 5.62. The Kier molecular flexibility index (Phi) is 5.88. The third kappa shape index (κ3) is 4.29. The second-order valence-corrected chi connectivity index (χ2v) is 7.05. The van der Waals surface area contributed by atoms with Crippen LogP contribution in [0.2, 0.25) is 0 Å². The van der Waals surface area contributed by atoms with Gasteiger partial charge in [0.2, 0.25) is 0 Å². The van der Waals surface area contributed by atoms with Gasteiger partial charge < -0.3 is 20.0 Å². The molecule has 1 aliphatic rings. The molecule has 2 aromatic rings. The molecule has 2 N–H and O–H groups in total. The average molecular weight is 361 g/mol. The average Bonchev–Trinajstić information content (AvgIpc) is 3.31. The molecule has 0 atom stereocenters. The van der Waals surface area contributed by atoms with E-state index in [0.29, 0.717) is 16.5 Å². The molecule has 0 radical (unpaired) electrons. The third-order valence-electron chi connectivity index (χ3n) is 4.45. The molecule has 2 amide bonds. The molecule has 6 nitrogen and oxygen atoms in total. The van der Waals surface area contributed by atoms with E-state index in [1.54, 1.807) is 18.2 Å². The van der Waals surface area contributed by atoms with Crippen molar-refractivity contribution in [2.24, 2.45) is 5.92 Å². The highest BCUT2D eigenvalue weighted by molar-refractivity contribution is 7.14. The van der Waals surface area contributed by atoms with Gasteiger partial charge in [0.1, 0.15) is 5.00 Å². The number of carbonyl (C=O) groups excluding carboxylic acids is 2. The van der Waals surface area contributed by atoms with Gasteiger partial charge >= 0.3 is 0 Å². The molecule has 1 fully saturated rings. The second-order valence-electron chi connectivity index (χ2n) is 6.14. The zero-order valence-electron chi connectivity index (χ0n) is 14.3. The zero-order chi connectivity index (χ0) is 17.6. The molecule has 0 aliphatic carbocycles. The van der Waals surface area contributed by atoms with Gasteiger partial charge in [-0.1, -0.05) is 6.92 Å². The summed E-state index contributed by atoms with van der Waals surface area (Å²) >= 11 is 1.35. The normalized spacial score (nSPS) is 15.3. The number of piperidine rings is 1. The van der Waals surface area contributed by atoms with Crippen LogP contribution in [0.5, 0.6) is 0 Å². The highest BCUT2D eigenvalue weighted by Crippen LogP contribution is 2.27. The molecule has 0 saturated carbocycles. The summed E-state index contributed by atoms with van der Waals surface area (Å²) in [5.74, 6) is 0.504. The smallest absolute Gasteiger partial charge is 0.291 e. The lowest BCUT2D eigenvalue weighted by atomic mass is 9.96. The molecule has 0 unspecified atom stereocenters. The van der Waals surface area contributed by atoms with Crippen LogP contribution in [-0.4, -0.2) is 42.9 Å². The first-order valence-corrected chi connectivity index (χ1v) is 9.49. The van der Waals surface area contributed by atoms with Crippen molar-refractivity contribution in [1.29, 1.82) is 0 Å². The largest absolute Gasteiger partial charge is 0.459 e. The van der Waals surface area contributed by atoms with Gasteiger partial charge in [-0.15, -0.1) is 11.3 Å². The van der Waals surface area contributed by atoms with Crippen molar-refractivity contribution in [2.75, 3.05) is 31.5 Å². The van der Waals surface area contributed by atoms with E-state index in [-0.39, 0.29) is 17.6 Å². The van der Waals surface area contributed by atoms with Crippen LogP contribution in [0.15, 0.2) is 34.3 Å². The third-order valence-corrected chi connectivity index (χ3v) is 5.28. The molecule has 7 heteroatoms. The fourth-order valence-corrected chi connectivity index (χ4v) is 3.78. The number of anilines is 1. The van der Waals surface area contributed by atoms with Gasteiger partial charge in [-0.2, -0.15) is 0 Å². The molecule has 1 saturated heterocycles.